The zero-order valence-electron chi connectivity index (χ0n) is 8.43. The number of benzene rings is 1. The fourth-order valence-corrected chi connectivity index (χ4v) is 1.76. The van der Waals surface area contributed by atoms with E-state index in [1.54, 1.807) is 18.2 Å². The Morgan fingerprint density at radius 3 is 2.80 bits per heavy atom. The molecule has 0 radical (unpaired) electrons. The number of carbonyl (C=O) groups excluding carboxylic acids is 1. The summed E-state index contributed by atoms with van der Waals surface area (Å²) in [5, 5.41) is 0.586. The zero-order chi connectivity index (χ0) is 11.3. The van der Waals surface area contributed by atoms with Gasteiger partial charge in [-0.25, -0.2) is 4.79 Å². The first kappa shape index (κ1) is 12.3. The third-order valence-electron chi connectivity index (χ3n) is 2.08. The normalized spacial score (nSPS) is 10.1. The number of halogens is 2. The van der Waals surface area contributed by atoms with Crippen molar-refractivity contribution in [3.63, 3.8) is 0 Å². The van der Waals surface area contributed by atoms with Gasteiger partial charge in [-0.3, -0.25) is 0 Å². The highest BCUT2D eigenvalue weighted by atomic mass is 35.5. The lowest BCUT2D eigenvalue weighted by Gasteiger charge is -2.08. The third-order valence-corrected chi connectivity index (χ3v) is 2.71. The van der Waals surface area contributed by atoms with Crippen LogP contribution >= 0.6 is 23.2 Å². The molecule has 2 nitrogen and oxygen atoms in total. The molecule has 0 spiro atoms. The highest BCUT2D eigenvalue weighted by molar-refractivity contribution is 6.31. The fourth-order valence-electron chi connectivity index (χ4n) is 1.36. The van der Waals surface area contributed by atoms with Crippen molar-refractivity contribution in [2.24, 2.45) is 0 Å². The molecule has 1 aromatic carbocycles. The van der Waals surface area contributed by atoms with E-state index in [1.165, 1.54) is 7.11 Å². The summed E-state index contributed by atoms with van der Waals surface area (Å²) in [5.41, 5.74) is 1.33. The molecule has 0 aliphatic carbocycles. The molecule has 0 amide bonds. The molecule has 0 saturated carbocycles. The Balaban J connectivity index is 3.03. The molecule has 0 atom stereocenters. The predicted molar refractivity (Wildman–Crippen MR) is 61.8 cm³/mol. The minimum absolute atomic E-state index is 0.359. The van der Waals surface area contributed by atoms with Gasteiger partial charge in [0.2, 0.25) is 0 Å². The number of alkyl halides is 1. The second-order valence-electron chi connectivity index (χ2n) is 3.05. The third kappa shape index (κ3) is 3.11. The van der Waals surface area contributed by atoms with Crippen LogP contribution in [0.25, 0.3) is 0 Å². The van der Waals surface area contributed by atoms with Gasteiger partial charge >= 0.3 is 5.97 Å². The quantitative estimate of drug-likeness (QED) is 0.602. The molecule has 0 aliphatic rings. The van der Waals surface area contributed by atoms with E-state index in [1.807, 2.05) is 0 Å². The van der Waals surface area contributed by atoms with Crippen LogP contribution in [0.1, 0.15) is 22.3 Å². The van der Waals surface area contributed by atoms with Crippen LogP contribution in [0.15, 0.2) is 18.2 Å². The van der Waals surface area contributed by atoms with Crippen LogP contribution in [-0.2, 0) is 11.2 Å². The minimum Gasteiger partial charge on any atom is -0.465 e. The van der Waals surface area contributed by atoms with Crippen molar-refractivity contribution in [3.05, 3.63) is 34.3 Å². The van der Waals surface area contributed by atoms with E-state index in [9.17, 15) is 4.79 Å². The standard InChI is InChI=1S/C11H12Cl2O2/c1-15-11(14)9-4-2-6-10(13)8(9)5-3-7-12/h2,4,6H,3,5,7H2,1H3. The van der Waals surface area contributed by atoms with Crippen molar-refractivity contribution < 1.29 is 9.53 Å². The number of esters is 1. The van der Waals surface area contributed by atoms with Crippen LogP contribution in [0.4, 0.5) is 0 Å². The highest BCUT2D eigenvalue weighted by Gasteiger charge is 2.13. The number of carbonyl (C=O) groups is 1. The van der Waals surface area contributed by atoms with Crippen molar-refractivity contribution in [1.82, 2.24) is 0 Å². The number of hydrogen-bond acceptors (Lipinski definition) is 2. The lowest BCUT2D eigenvalue weighted by atomic mass is 10.0. The molecule has 4 heteroatoms. The van der Waals surface area contributed by atoms with Crippen molar-refractivity contribution in [2.75, 3.05) is 13.0 Å². The van der Waals surface area contributed by atoms with Crippen LogP contribution in [0.5, 0.6) is 0 Å². The molecule has 0 fully saturated rings. The van der Waals surface area contributed by atoms with Crippen LogP contribution in [0.3, 0.4) is 0 Å². The first-order valence-corrected chi connectivity index (χ1v) is 5.53. The maximum absolute atomic E-state index is 11.4. The average Bonchev–Trinajstić information content (AvgIpc) is 2.26. The van der Waals surface area contributed by atoms with Crippen molar-refractivity contribution in [3.8, 4) is 0 Å². The van der Waals surface area contributed by atoms with E-state index in [2.05, 4.69) is 4.74 Å². The van der Waals surface area contributed by atoms with Crippen LogP contribution < -0.4 is 0 Å². The van der Waals surface area contributed by atoms with Gasteiger partial charge in [-0.1, -0.05) is 17.7 Å². The molecule has 0 aliphatic heterocycles. The van der Waals surface area contributed by atoms with E-state index in [0.717, 1.165) is 12.0 Å². The lowest BCUT2D eigenvalue weighted by Crippen LogP contribution is -2.06. The Morgan fingerprint density at radius 2 is 2.20 bits per heavy atom. The molecular weight excluding hydrogens is 235 g/mol. The van der Waals surface area contributed by atoms with Gasteiger partial charge in [-0.15, -0.1) is 11.6 Å². The van der Waals surface area contributed by atoms with Gasteiger partial charge in [0.25, 0.3) is 0 Å². The summed E-state index contributed by atoms with van der Waals surface area (Å²) in [7, 11) is 1.36. The lowest BCUT2D eigenvalue weighted by molar-refractivity contribution is 0.0599. The summed E-state index contributed by atoms with van der Waals surface area (Å²) in [6.45, 7) is 0. The molecule has 0 unspecified atom stereocenters. The molecule has 1 aromatic rings. The first-order valence-electron chi connectivity index (χ1n) is 4.62. The van der Waals surface area contributed by atoms with E-state index in [0.29, 0.717) is 22.9 Å². The summed E-state index contributed by atoms with van der Waals surface area (Å²) < 4.78 is 4.68. The molecule has 0 saturated heterocycles. The van der Waals surface area contributed by atoms with Crippen molar-refractivity contribution in [1.29, 1.82) is 0 Å². The van der Waals surface area contributed by atoms with Gasteiger partial charge in [0.05, 0.1) is 12.7 Å². The summed E-state index contributed by atoms with van der Waals surface area (Å²) in [6.07, 6.45) is 1.48. The first-order chi connectivity index (χ1) is 7.20. The van der Waals surface area contributed by atoms with E-state index in [4.69, 9.17) is 23.2 Å². The van der Waals surface area contributed by atoms with Crippen LogP contribution in [0, 0.1) is 0 Å². The maximum Gasteiger partial charge on any atom is 0.338 e. The summed E-state index contributed by atoms with van der Waals surface area (Å²) >= 11 is 11.6. The second kappa shape index (κ2) is 5.99. The topological polar surface area (TPSA) is 26.3 Å². The monoisotopic (exact) mass is 246 g/mol. The Bertz CT molecular complexity index is 350. The number of methoxy groups -OCH3 is 1. The minimum atomic E-state index is -0.359. The van der Waals surface area contributed by atoms with E-state index < -0.39 is 0 Å². The average molecular weight is 247 g/mol. The highest BCUT2D eigenvalue weighted by Crippen LogP contribution is 2.22. The van der Waals surface area contributed by atoms with Gasteiger partial charge in [-0.2, -0.15) is 0 Å². The molecule has 1 rings (SSSR count). The van der Waals surface area contributed by atoms with Crippen molar-refractivity contribution >= 4 is 29.2 Å². The molecule has 0 bridgehead atoms. The van der Waals surface area contributed by atoms with Gasteiger partial charge in [0.1, 0.15) is 0 Å². The molecule has 0 heterocycles. The zero-order valence-corrected chi connectivity index (χ0v) is 9.94. The molecule has 82 valence electrons. The smallest absolute Gasteiger partial charge is 0.338 e. The number of hydrogen-bond donors (Lipinski definition) is 0. The molecule has 0 N–H and O–H groups in total. The molecular formula is C11H12Cl2O2. The van der Waals surface area contributed by atoms with Gasteiger partial charge in [0.15, 0.2) is 0 Å². The summed E-state index contributed by atoms with van der Waals surface area (Å²) in [6, 6.07) is 5.21. The van der Waals surface area contributed by atoms with Gasteiger partial charge in [0, 0.05) is 10.9 Å². The fraction of sp³-hybridized carbons (Fsp3) is 0.364. The second-order valence-corrected chi connectivity index (χ2v) is 3.84. The molecule has 0 aromatic heterocycles. The van der Waals surface area contributed by atoms with Gasteiger partial charge in [-0.05, 0) is 30.5 Å². The number of rotatable bonds is 4. The Labute approximate surface area is 99.1 Å². The Kier molecular flexibility index (Phi) is 4.92. The van der Waals surface area contributed by atoms with E-state index >= 15 is 0 Å². The maximum atomic E-state index is 11.4. The summed E-state index contributed by atoms with van der Waals surface area (Å²) in [5.74, 6) is 0.188. The summed E-state index contributed by atoms with van der Waals surface area (Å²) in [4.78, 5) is 11.4. The van der Waals surface area contributed by atoms with Crippen LogP contribution in [-0.4, -0.2) is 19.0 Å². The molecule has 15 heavy (non-hydrogen) atoms. The van der Waals surface area contributed by atoms with E-state index in [-0.39, 0.29) is 5.97 Å². The SMILES string of the molecule is COC(=O)c1cccc(Cl)c1CCCCl. The Hall–Kier alpha value is -0.730. The Morgan fingerprint density at radius 1 is 1.47 bits per heavy atom. The number of ether oxygens (including phenoxy) is 1. The van der Waals surface area contributed by atoms with Gasteiger partial charge < -0.3 is 4.74 Å². The predicted octanol–water partition coefficient (Wildman–Crippen LogP) is 3.30. The van der Waals surface area contributed by atoms with Crippen LogP contribution in [0.2, 0.25) is 5.02 Å². The largest absolute Gasteiger partial charge is 0.465 e. The van der Waals surface area contributed by atoms with Crippen molar-refractivity contribution in [2.45, 2.75) is 12.8 Å².